The van der Waals surface area contributed by atoms with Crippen molar-refractivity contribution in [2.24, 2.45) is 0 Å². The van der Waals surface area contributed by atoms with Crippen LogP contribution in [-0.4, -0.2) is 11.8 Å². The molecule has 0 saturated heterocycles. The fraction of sp³-hybridized carbons (Fsp3) is 0.167. The van der Waals surface area contributed by atoms with E-state index in [-0.39, 0.29) is 5.49 Å². The zero-order valence-corrected chi connectivity index (χ0v) is 5.66. The number of aromatic nitrogens is 1. The lowest BCUT2D eigenvalue weighted by Gasteiger charge is -2.01. The minimum atomic E-state index is 0.251. The first kappa shape index (κ1) is 6.67. The van der Waals surface area contributed by atoms with E-state index in [1.165, 1.54) is 4.68 Å². The number of hydrogen-bond donors (Lipinski definition) is 2. The van der Waals surface area contributed by atoms with E-state index in [1.807, 2.05) is 0 Å². The maximum atomic E-state index is 7.17. The van der Waals surface area contributed by atoms with E-state index in [9.17, 15) is 0 Å². The average Bonchev–Trinajstić information content (AvgIpc) is 1.95. The van der Waals surface area contributed by atoms with Crippen LogP contribution in [0.5, 0.6) is 5.75 Å². The molecule has 0 aliphatic carbocycles. The maximum Gasteiger partial charge on any atom is 0.143 e. The molecule has 10 heavy (non-hydrogen) atoms. The number of rotatable bonds is 1. The topological polar surface area (TPSA) is 64.0 Å². The zero-order valence-electron chi connectivity index (χ0n) is 5.66. The number of nitrogens with one attached hydrogen (secondary N) is 1. The zero-order chi connectivity index (χ0) is 7.56. The molecule has 1 rings (SSSR count). The molecular weight excluding hydrogens is 130 g/mol. The highest BCUT2D eigenvalue weighted by molar-refractivity contribution is 5.15. The summed E-state index contributed by atoms with van der Waals surface area (Å²) in [4.78, 5) is 0. The lowest BCUT2D eigenvalue weighted by molar-refractivity contribution is 0.410. The summed E-state index contributed by atoms with van der Waals surface area (Å²) >= 11 is 0. The van der Waals surface area contributed by atoms with Gasteiger partial charge in [-0.25, -0.2) is 4.68 Å². The summed E-state index contributed by atoms with van der Waals surface area (Å²) in [5, 5.41) is 7.17. The van der Waals surface area contributed by atoms with Crippen molar-refractivity contribution >= 4 is 0 Å². The van der Waals surface area contributed by atoms with Crippen LogP contribution in [0.15, 0.2) is 18.3 Å². The van der Waals surface area contributed by atoms with Crippen molar-refractivity contribution in [1.82, 2.24) is 4.68 Å². The molecule has 0 atom stereocenters. The van der Waals surface area contributed by atoms with Crippen LogP contribution in [0.2, 0.25) is 0 Å². The highest BCUT2D eigenvalue weighted by Crippen LogP contribution is 2.02. The molecule has 0 aromatic carbocycles. The Morgan fingerprint density at radius 1 is 1.60 bits per heavy atom. The van der Waals surface area contributed by atoms with Gasteiger partial charge in [0.15, 0.2) is 0 Å². The van der Waals surface area contributed by atoms with Crippen molar-refractivity contribution in [2.75, 3.05) is 13.0 Å². The van der Waals surface area contributed by atoms with E-state index in [1.54, 1.807) is 25.4 Å². The third-order valence-electron chi connectivity index (χ3n) is 1.19. The third-order valence-corrected chi connectivity index (χ3v) is 1.19. The second-order valence-corrected chi connectivity index (χ2v) is 1.86. The molecule has 0 aliphatic rings. The molecule has 0 unspecified atom stereocenters. The number of methoxy groups -OCH3 is 1. The van der Waals surface area contributed by atoms with Crippen molar-refractivity contribution in [3.63, 3.8) is 0 Å². The van der Waals surface area contributed by atoms with Crippen LogP contribution in [0.1, 0.15) is 0 Å². The molecule has 1 aromatic rings. The van der Waals surface area contributed by atoms with Gasteiger partial charge in [0.25, 0.3) is 0 Å². The fourth-order valence-corrected chi connectivity index (χ4v) is 0.618. The van der Waals surface area contributed by atoms with Crippen LogP contribution in [0.4, 0.5) is 0 Å². The molecule has 0 amide bonds. The summed E-state index contributed by atoms with van der Waals surface area (Å²) in [7, 11) is 1.55. The Labute approximate surface area is 58.3 Å². The van der Waals surface area contributed by atoms with Crippen LogP contribution >= 0.6 is 0 Å². The predicted octanol–water partition coefficient (Wildman–Crippen LogP) is -0.310. The lowest BCUT2D eigenvalue weighted by Crippen LogP contribution is -2.25. The van der Waals surface area contributed by atoms with Gasteiger partial charge in [-0.1, -0.05) is 0 Å². The Bertz CT molecular complexity index is 279. The summed E-state index contributed by atoms with van der Waals surface area (Å²) in [6.07, 6.45) is 1.54. The smallest absolute Gasteiger partial charge is 0.143 e. The van der Waals surface area contributed by atoms with E-state index in [0.29, 0.717) is 5.75 Å². The SMILES string of the molecule is COc1ccc(=N)n(N)c1. The van der Waals surface area contributed by atoms with Crippen LogP contribution in [0.25, 0.3) is 0 Å². The van der Waals surface area contributed by atoms with Gasteiger partial charge in [-0.2, -0.15) is 0 Å². The Kier molecular flexibility index (Phi) is 1.62. The first-order valence-corrected chi connectivity index (χ1v) is 2.80. The number of pyridine rings is 1. The Hall–Kier alpha value is -1.45. The first-order valence-electron chi connectivity index (χ1n) is 2.80. The van der Waals surface area contributed by atoms with Crippen molar-refractivity contribution in [3.8, 4) is 5.75 Å². The molecule has 1 aromatic heterocycles. The third kappa shape index (κ3) is 1.10. The van der Waals surface area contributed by atoms with Gasteiger partial charge in [-0.3, -0.25) is 5.41 Å². The normalized spacial score (nSPS) is 9.30. The molecule has 0 saturated carbocycles. The Morgan fingerprint density at radius 3 is 2.80 bits per heavy atom. The Balaban J connectivity index is 3.17. The van der Waals surface area contributed by atoms with E-state index in [4.69, 9.17) is 16.0 Å². The number of nitrogens with two attached hydrogens (primary N) is 1. The fourth-order valence-electron chi connectivity index (χ4n) is 0.618. The average molecular weight is 139 g/mol. The molecular formula is C6H9N3O. The molecule has 4 nitrogen and oxygen atoms in total. The molecule has 0 fully saturated rings. The van der Waals surface area contributed by atoms with Crippen LogP contribution in [-0.2, 0) is 0 Å². The molecule has 0 bridgehead atoms. The summed E-state index contributed by atoms with van der Waals surface area (Å²) < 4.78 is 6.06. The van der Waals surface area contributed by atoms with Gasteiger partial charge in [-0.15, -0.1) is 0 Å². The van der Waals surface area contributed by atoms with Crippen LogP contribution in [0.3, 0.4) is 0 Å². The quantitative estimate of drug-likeness (QED) is 0.524. The molecule has 0 aliphatic heterocycles. The van der Waals surface area contributed by atoms with Crippen molar-refractivity contribution in [2.45, 2.75) is 0 Å². The molecule has 3 N–H and O–H groups in total. The summed E-state index contributed by atoms with van der Waals surface area (Å²) in [5.41, 5.74) is 0.251. The largest absolute Gasteiger partial charge is 0.495 e. The number of nitrogens with zero attached hydrogens (tertiary/aromatic N) is 1. The Morgan fingerprint density at radius 2 is 2.30 bits per heavy atom. The standard InChI is InChI=1S/C6H9N3O/c1-10-5-2-3-6(7)9(8)4-5/h2-4,7H,8H2,1H3. The van der Waals surface area contributed by atoms with Gasteiger partial charge in [0.2, 0.25) is 0 Å². The lowest BCUT2D eigenvalue weighted by atomic mass is 10.4. The van der Waals surface area contributed by atoms with E-state index in [2.05, 4.69) is 0 Å². The summed E-state index contributed by atoms with van der Waals surface area (Å²) in [6.45, 7) is 0. The van der Waals surface area contributed by atoms with Crippen molar-refractivity contribution in [1.29, 1.82) is 5.41 Å². The van der Waals surface area contributed by atoms with Gasteiger partial charge < -0.3 is 10.6 Å². The number of hydrogen-bond acceptors (Lipinski definition) is 3. The van der Waals surface area contributed by atoms with Gasteiger partial charge >= 0.3 is 0 Å². The highest BCUT2D eigenvalue weighted by Gasteiger charge is 1.89. The van der Waals surface area contributed by atoms with Crippen molar-refractivity contribution in [3.05, 3.63) is 23.8 Å². The predicted molar refractivity (Wildman–Crippen MR) is 37.0 cm³/mol. The van der Waals surface area contributed by atoms with Crippen LogP contribution < -0.4 is 16.1 Å². The van der Waals surface area contributed by atoms with E-state index >= 15 is 0 Å². The van der Waals surface area contributed by atoms with E-state index in [0.717, 1.165) is 0 Å². The molecule has 54 valence electrons. The summed E-state index contributed by atoms with van der Waals surface area (Å²) in [5.74, 6) is 6.00. The summed E-state index contributed by atoms with van der Waals surface area (Å²) in [6, 6.07) is 3.25. The maximum absolute atomic E-state index is 7.17. The molecule has 1 heterocycles. The molecule has 4 heteroatoms. The van der Waals surface area contributed by atoms with Gasteiger partial charge in [0.05, 0.1) is 13.3 Å². The van der Waals surface area contributed by atoms with Gasteiger partial charge in [0.1, 0.15) is 11.2 Å². The van der Waals surface area contributed by atoms with Crippen molar-refractivity contribution < 1.29 is 4.74 Å². The molecule has 0 spiro atoms. The molecule has 0 radical (unpaired) electrons. The first-order chi connectivity index (χ1) is 4.74. The van der Waals surface area contributed by atoms with Gasteiger partial charge in [0, 0.05) is 0 Å². The monoisotopic (exact) mass is 139 g/mol. The minimum Gasteiger partial charge on any atom is -0.495 e. The second kappa shape index (κ2) is 2.43. The number of nitrogen functional groups attached to an aromatic ring is 1. The highest BCUT2D eigenvalue weighted by atomic mass is 16.5. The number of ether oxygens (including phenoxy) is 1. The van der Waals surface area contributed by atoms with Crippen LogP contribution in [0, 0.1) is 5.41 Å². The second-order valence-electron chi connectivity index (χ2n) is 1.86. The minimum absolute atomic E-state index is 0.251. The van der Waals surface area contributed by atoms with Gasteiger partial charge in [-0.05, 0) is 12.1 Å². The van der Waals surface area contributed by atoms with E-state index < -0.39 is 0 Å².